The summed E-state index contributed by atoms with van der Waals surface area (Å²) in [7, 11) is 0. The molecule has 3 heteroatoms. The van der Waals surface area contributed by atoms with Crippen LogP contribution < -0.4 is 5.73 Å². The van der Waals surface area contributed by atoms with E-state index in [1.807, 2.05) is 12.1 Å². The molecule has 0 radical (unpaired) electrons. The van der Waals surface area contributed by atoms with Gasteiger partial charge in [-0.2, -0.15) is 0 Å². The molecule has 0 amide bonds. The lowest BCUT2D eigenvalue weighted by Gasteiger charge is -2.15. The lowest BCUT2D eigenvalue weighted by atomic mass is 9.96. The Labute approximate surface area is 114 Å². The summed E-state index contributed by atoms with van der Waals surface area (Å²) in [6.45, 7) is 4.36. The Kier molecular flexibility index (Phi) is 5.00. The number of fused-ring (bicyclic) bond motifs is 1. The third-order valence-corrected chi connectivity index (χ3v) is 3.00. The van der Waals surface area contributed by atoms with Crippen molar-refractivity contribution in [2.75, 3.05) is 0 Å². The number of hydrogen-bond donors (Lipinski definition) is 2. The first kappa shape index (κ1) is 14.8. The quantitative estimate of drug-likeness (QED) is 0.881. The maximum Gasteiger partial charge on any atom is 0.116 e. The predicted octanol–water partition coefficient (Wildman–Crippen LogP) is 4.01. The highest BCUT2D eigenvalue weighted by molar-refractivity contribution is 5.85. The lowest BCUT2D eigenvalue weighted by molar-refractivity contribution is 0.476. The van der Waals surface area contributed by atoms with E-state index in [2.05, 4.69) is 26.0 Å². The highest BCUT2D eigenvalue weighted by Gasteiger charge is 2.08. The molecular weight excluding hydrogens is 246 g/mol. The minimum absolute atomic E-state index is 0. The van der Waals surface area contributed by atoms with E-state index in [0.717, 1.165) is 22.8 Å². The first-order valence-electron chi connectivity index (χ1n) is 6.04. The molecule has 0 aliphatic heterocycles. The van der Waals surface area contributed by atoms with Crippen LogP contribution in [-0.2, 0) is 0 Å². The Bertz CT molecular complexity index is 525. The van der Waals surface area contributed by atoms with Gasteiger partial charge in [0.2, 0.25) is 0 Å². The second-order valence-electron chi connectivity index (χ2n) is 5.03. The number of hydrogen-bond acceptors (Lipinski definition) is 2. The van der Waals surface area contributed by atoms with Gasteiger partial charge in [0.15, 0.2) is 0 Å². The zero-order valence-corrected chi connectivity index (χ0v) is 11.6. The Hall–Kier alpha value is -1.25. The SMILES string of the molecule is CC(C)C[C@H](N)c1ccc2cc(O)ccc2c1.Cl. The normalized spacial score (nSPS) is 12.4. The molecule has 2 aromatic carbocycles. The van der Waals surface area contributed by atoms with Crippen molar-refractivity contribution in [2.24, 2.45) is 11.7 Å². The Morgan fingerprint density at radius 3 is 2.33 bits per heavy atom. The summed E-state index contributed by atoms with van der Waals surface area (Å²) in [5.41, 5.74) is 7.33. The van der Waals surface area contributed by atoms with Crippen LogP contribution in [0.4, 0.5) is 0 Å². The fourth-order valence-electron chi connectivity index (χ4n) is 2.13. The Morgan fingerprint density at radius 1 is 1.06 bits per heavy atom. The number of benzene rings is 2. The summed E-state index contributed by atoms with van der Waals surface area (Å²) in [5.74, 6) is 0.900. The van der Waals surface area contributed by atoms with Gasteiger partial charge in [-0.3, -0.25) is 0 Å². The van der Waals surface area contributed by atoms with E-state index in [1.54, 1.807) is 12.1 Å². The van der Waals surface area contributed by atoms with Gasteiger partial charge < -0.3 is 10.8 Å². The molecular formula is C15H20ClNO. The summed E-state index contributed by atoms with van der Waals surface area (Å²) >= 11 is 0. The predicted molar refractivity (Wildman–Crippen MR) is 79.2 cm³/mol. The summed E-state index contributed by atoms with van der Waals surface area (Å²) in [6, 6.07) is 11.7. The van der Waals surface area contributed by atoms with Crippen molar-refractivity contribution in [1.29, 1.82) is 0 Å². The van der Waals surface area contributed by atoms with Gasteiger partial charge in [-0.15, -0.1) is 12.4 Å². The van der Waals surface area contributed by atoms with Gasteiger partial charge in [0.25, 0.3) is 0 Å². The summed E-state index contributed by atoms with van der Waals surface area (Å²) in [4.78, 5) is 0. The minimum Gasteiger partial charge on any atom is -0.508 e. The van der Waals surface area contributed by atoms with E-state index >= 15 is 0 Å². The molecule has 0 saturated carbocycles. The van der Waals surface area contributed by atoms with Gasteiger partial charge in [-0.1, -0.05) is 32.0 Å². The van der Waals surface area contributed by atoms with E-state index in [1.165, 1.54) is 0 Å². The van der Waals surface area contributed by atoms with Crippen LogP contribution in [0.5, 0.6) is 5.75 Å². The first-order valence-corrected chi connectivity index (χ1v) is 6.04. The molecule has 2 nitrogen and oxygen atoms in total. The molecule has 0 aromatic heterocycles. The van der Waals surface area contributed by atoms with Crippen molar-refractivity contribution in [1.82, 2.24) is 0 Å². The number of rotatable bonds is 3. The molecule has 2 aromatic rings. The van der Waals surface area contributed by atoms with Crippen molar-refractivity contribution in [3.05, 3.63) is 42.0 Å². The number of halogens is 1. The summed E-state index contributed by atoms with van der Waals surface area (Å²) < 4.78 is 0. The van der Waals surface area contributed by atoms with Crippen molar-refractivity contribution in [3.8, 4) is 5.75 Å². The highest BCUT2D eigenvalue weighted by atomic mass is 35.5. The first-order chi connectivity index (χ1) is 8.06. The second kappa shape index (κ2) is 6.07. The molecule has 1 atom stereocenters. The minimum atomic E-state index is 0. The number of nitrogens with two attached hydrogens (primary N) is 1. The zero-order valence-electron chi connectivity index (χ0n) is 10.8. The molecule has 18 heavy (non-hydrogen) atoms. The van der Waals surface area contributed by atoms with Crippen LogP contribution in [0.1, 0.15) is 31.9 Å². The van der Waals surface area contributed by atoms with Crippen molar-refractivity contribution >= 4 is 23.2 Å². The fourth-order valence-corrected chi connectivity index (χ4v) is 2.13. The molecule has 0 heterocycles. The fraction of sp³-hybridized carbons (Fsp3) is 0.333. The Morgan fingerprint density at radius 2 is 1.67 bits per heavy atom. The maximum atomic E-state index is 9.40. The number of phenols is 1. The van der Waals surface area contributed by atoms with Gasteiger partial charge in [-0.05, 0) is 46.9 Å². The average molecular weight is 266 g/mol. The van der Waals surface area contributed by atoms with Crippen molar-refractivity contribution in [3.63, 3.8) is 0 Å². The van der Waals surface area contributed by atoms with Crippen LogP contribution in [0.2, 0.25) is 0 Å². The molecule has 0 fully saturated rings. The van der Waals surface area contributed by atoms with Crippen LogP contribution in [-0.4, -0.2) is 5.11 Å². The van der Waals surface area contributed by atoms with Crippen molar-refractivity contribution in [2.45, 2.75) is 26.3 Å². The summed E-state index contributed by atoms with van der Waals surface area (Å²) in [5, 5.41) is 11.6. The van der Waals surface area contributed by atoms with Gasteiger partial charge >= 0.3 is 0 Å². The monoisotopic (exact) mass is 265 g/mol. The Balaban J connectivity index is 0.00000162. The van der Waals surface area contributed by atoms with Crippen LogP contribution >= 0.6 is 12.4 Å². The van der Waals surface area contributed by atoms with Crippen molar-refractivity contribution < 1.29 is 5.11 Å². The van der Waals surface area contributed by atoms with Crippen LogP contribution in [0.3, 0.4) is 0 Å². The van der Waals surface area contributed by atoms with E-state index < -0.39 is 0 Å². The lowest BCUT2D eigenvalue weighted by Crippen LogP contribution is -2.12. The van der Waals surface area contributed by atoms with Gasteiger partial charge in [0.05, 0.1) is 0 Å². The van der Waals surface area contributed by atoms with Crippen LogP contribution in [0.15, 0.2) is 36.4 Å². The molecule has 0 aliphatic carbocycles. The average Bonchev–Trinajstić information content (AvgIpc) is 2.27. The topological polar surface area (TPSA) is 46.2 Å². The second-order valence-corrected chi connectivity index (χ2v) is 5.03. The van der Waals surface area contributed by atoms with Crippen LogP contribution in [0.25, 0.3) is 10.8 Å². The molecule has 0 unspecified atom stereocenters. The molecule has 2 rings (SSSR count). The van der Waals surface area contributed by atoms with Gasteiger partial charge in [0, 0.05) is 6.04 Å². The number of phenolic OH excluding ortho intramolecular Hbond substituents is 1. The molecule has 3 N–H and O–H groups in total. The molecule has 0 spiro atoms. The van der Waals surface area contributed by atoms with Gasteiger partial charge in [-0.25, -0.2) is 0 Å². The largest absolute Gasteiger partial charge is 0.508 e. The smallest absolute Gasteiger partial charge is 0.116 e. The van der Waals surface area contributed by atoms with E-state index in [0.29, 0.717) is 11.7 Å². The number of aromatic hydroxyl groups is 1. The maximum absolute atomic E-state index is 9.40. The molecule has 0 saturated heterocycles. The van der Waals surface area contributed by atoms with E-state index in [4.69, 9.17) is 5.73 Å². The highest BCUT2D eigenvalue weighted by Crippen LogP contribution is 2.25. The molecule has 98 valence electrons. The van der Waals surface area contributed by atoms with E-state index in [9.17, 15) is 5.11 Å². The van der Waals surface area contributed by atoms with E-state index in [-0.39, 0.29) is 18.4 Å². The molecule has 0 aliphatic rings. The third kappa shape index (κ3) is 3.37. The molecule has 0 bridgehead atoms. The third-order valence-electron chi connectivity index (χ3n) is 3.00. The standard InChI is InChI=1S/C15H19NO.ClH/c1-10(2)7-15(16)13-4-3-12-9-14(17)6-5-11(12)8-13;/h3-6,8-10,15,17H,7,16H2,1-2H3;1H/t15-;/m0./s1. The van der Waals surface area contributed by atoms with Gasteiger partial charge in [0.1, 0.15) is 5.75 Å². The summed E-state index contributed by atoms with van der Waals surface area (Å²) in [6.07, 6.45) is 0.990. The zero-order chi connectivity index (χ0) is 12.4. The van der Waals surface area contributed by atoms with Crippen LogP contribution in [0, 0.1) is 5.92 Å².